The molecule has 0 unspecified atom stereocenters. The van der Waals surface area contributed by atoms with E-state index in [-0.39, 0.29) is 113 Å². The van der Waals surface area contributed by atoms with Crippen molar-refractivity contribution in [2.24, 2.45) is 0 Å². The number of para-hydroxylation sites is 4. The van der Waals surface area contributed by atoms with Crippen LogP contribution in [0, 0.1) is 18.2 Å². The molecule has 12 nitrogen and oxygen atoms in total. The second-order valence-electron chi connectivity index (χ2n) is 44.3. The fourth-order valence-electron chi connectivity index (χ4n) is 17.4. The van der Waals surface area contributed by atoms with Gasteiger partial charge in [0.2, 0.25) is 17.7 Å². The van der Waals surface area contributed by atoms with Crippen molar-refractivity contribution in [1.29, 1.82) is 0 Å². The number of phenolic OH excluding ortho intramolecular Hbond substituents is 3. The average Bonchev–Trinajstić information content (AvgIpc) is 0.940. The van der Waals surface area contributed by atoms with E-state index in [4.69, 9.17) is 43.2 Å². The van der Waals surface area contributed by atoms with Crippen molar-refractivity contribution in [3.63, 3.8) is 0 Å². The monoisotopic (exact) mass is 2410 g/mol. The average molecular weight is 2410 g/mol. The van der Waals surface area contributed by atoms with Crippen molar-refractivity contribution in [2.45, 2.75) is 236 Å². The van der Waals surface area contributed by atoms with Gasteiger partial charge in [-0.2, -0.15) is 0 Å². The summed E-state index contributed by atoms with van der Waals surface area (Å²) in [6.45, 7) is 58.4. The minimum absolute atomic E-state index is 0. The predicted octanol–water partition coefficient (Wildman–Crippen LogP) is 34.5. The van der Waals surface area contributed by atoms with Crippen molar-refractivity contribution >= 4 is 33.3 Å². The number of aromatic nitrogens is 6. The van der Waals surface area contributed by atoms with Crippen molar-refractivity contribution in [3.05, 3.63) is 341 Å². The van der Waals surface area contributed by atoms with Crippen LogP contribution in [0.4, 0.5) is 0 Å². The molecular formula is C126H129N6O6Pt3-3. The van der Waals surface area contributed by atoms with Crippen LogP contribution in [0.2, 0.25) is 0 Å². The Morgan fingerprint density at radius 2 is 0.560 bits per heavy atom. The van der Waals surface area contributed by atoms with Crippen LogP contribution in [-0.4, -0.2) is 45.2 Å². The Balaban J connectivity index is 0.000000177. The third-order valence-corrected chi connectivity index (χ3v) is 26.1. The van der Waals surface area contributed by atoms with Crippen LogP contribution in [-0.2, 0) is 95.7 Å². The number of benzene rings is 12. The Kier molecular flexibility index (Phi) is 31.8. The Morgan fingerprint density at radius 3 is 0.943 bits per heavy atom. The first-order valence-electron chi connectivity index (χ1n) is 48.4. The summed E-state index contributed by atoms with van der Waals surface area (Å²) in [4.78, 5) is 29.3. The van der Waals surface area contributed by atoms with Crippen molar-refractivity contribution in [3.8, 4) is 152 Å². The van der Waals surface area contributed by atoms with Crippen LogP contribution in [0.3, 0.4) is 0 Å². The topological polar surface area (TPSA) is 177 Å². The third-order valence-electron chi connectivity index (χ3n) is 26.1. The summed E-state index contributed by atoms with van der Waals surface area (Å²) in [5.74, 6) is 3.32. The van der Waals surface area contributed by atoms with Crippen molar-refractivity contribution < 1.29 is 91.8 Å². The number of hydrogen-bond donors (Lipinski definition) is 3. The van der Waals surface area contributed by atoms with Gasteiger partial charge >= 0.3 is 0 Å². The van der Waals surface area contributed by atoms with E-state index in [2.05, 4.69) is 332 Å². The maximum absolute atomic E-state index is 10.8. The zero-order chi connectivity index (χ0) is 98.7. The molecule has 732 valence electrons. The van der Waals surface area contributed by atoms with Gasteiger partial charge in [0.1, 0.15) is 34.0 Å². The fourth-order valence-corrected chi connectivity index (χ4v) is 17.4. The van der Waals surface area contributed by atoms with Gasteiger partial charge in [0.05, 0.1) is 33.2 Å². The normalized spacial score (nSPS) is 12.1. The van der Waals surface area contributed by atoms with Crippen LogP contribution in [0.5, 0.6) is 17.2 Å². The van der Waals surface area contributed by atoms with E-state index in [1.165, 1.54) is 61.2 Å². The Bertz CT molecular complexity index is 7510. The quantitative estimate of drug-likeness (QED) is 0.0781. The smallest absolute Gasteiger partial charge is 0.230 e. The molecule has 6 heterocycles. The molecule has 0 radical (unpaired) electrons. The molecule has 0 spiro atoms. The zero-order valence-corrected chi connectivity index (χ0v) is 92.7. The van der Waals surface area contributed by atoms with Gasteiger partial charge < -0.3 is 28.6 Å². The number of pyridine rings is 3. The predicted molar refractivity (Wildman–Crippen MR) is 571 cm³/mol. The molecule has 0 aliphatic heterocycles. The fraction of sp³-hybridized carbons (Fsp3) is 0.286. The number of fused-ring (bicyclic) bond motifs is 3. The Labute approximate surface area is 877 Å². The van der Waals surface area contributed by atoms with Crippen molar-refractivity contribution in [2.75, 3.05) is 0 Å². The minimum atomic E-state index is -0.210. The van der Waals surface area contributed by atoms with E-state index in [9.17, 15) is 15.3 Å². The maximum atomic E-state index is 10.8. The van der Waals surface area contributed by atoms with E-state index in [0.717, 1.165) is 112 Å². The molecule has 3 N–H and O–H groups in total. The molecule has 0 fully saturated rings. The van der Waals surface area contributed by atoms with Crippen LogP contribution < -0.4 is 0 Å². The molecule has 0 atom stereocenters. The van der Waals surface area contributed by atoms with Gasteiger partial charge in [-0.25, -0.2) is 15.0 Å². The van der Waals surface area contributed by atoms with Gasteiger partial charge in [-0.3, -0.25) is 15.0 Å². The zero-order valence-electron chi connectivity index (χ0n) is 85.9. The van der Waals surface area contributed by atoms with Crippen LogP contribution in [0.15, 0.2) is 281 Å². The number of nitrogens with zero attached hydrogens (tertiary/aromatic N) is 6. The number of rotatable bonds is 16. The molecule has 0 aliphatic carbocycles. The first kappa shape index (κ1) is 106. The second kappa shape index (κ2) is 42.2. The van der Waals surface area contributed by atoms with E-state index in [0.29, 0.717) is 74.8 Å². The molecule has 18 rings (SSSR count). The molecule has 18 aromatic rings. The first-order chi connectivity index (χ1) is 65.2. The molecule has 15 heteroatoms. The number of oxazole rings is 3. The molecule has 0 saturated carbocycles. The van der Waals surface area contributed by atoms with E-state index < -0.39 is 0 Å². The molecule has 0 aliphatic rings. The number of aromatic hydroxyl groups is 3. The summed E-state index contributed by atoms with van der Waals surface area (Å²) in [5, 5.41) is 31.6. The molecule has 0 amide bonds. The Morgan fingerprint density at radius 1 is 0.248 bits per heavy atom. The number of hydrogen-bond acceptors (Lipinski definition) is 12. The van der Waals surface area contributed by atoms with Crippen LogP contribution in [0.25, 0.3) is 168 Å². The minimum Gasteiger partial charge on any atom is -0.507 e. The summed E-state index contributed by atoms with van der Waals surface area (Å²) in [6, 6.07) is 95.5. The molecular weight excluding hydrogens is 2280 g/mol. The molecule has 0 saturated heterocycles. The van der Waals surface area contributed by atoms with Gasteiger partial charge in [0.15, 0.2) is 0 Å². The standard InChI is InChI=1S/C48H55N2O2.C42H43N2O2.C36H31N2O2.3Pt/c1-28(2)31-20-32(29(3)4)22-33(21-31)30-18-19-49-41(23-30)38-26-36(39(47(8,9)10)27-40(38)48(11,12)13)37-24-34(46(5,6)7)25-43-44(37)50-45(52-43)35-16-14-15-17-42(35)51;1-40(2,3)30-20-29(21-31(23-30)41(4,5)6)26-17-18-43-35(22-26)28-14-12-13-27(19-28)34-24-32(42(7,8)9)25-37-38(34)44-39(46-37)33-15-10-11-16-36(33)45;1-22(2)27-18-28(23(3)4)20-29(19-27)24-15-16-37-32(21-24)26-10-7-9-25(17-26)30-12-8-14-34-35(30)38-36(40-34)31-11-5-6-13-33(31)39;;;/h14-25,27-29,51H,1-13H3;10-18,20-25,45H,1-9H3;5-16,18-23,39H,1-4H3;;;/q3*-1;;;. The Hall–Kier alpha value is -12.0. The summed E-state index contributed by atoms with van der Waals surface area (Å²) in [7, 11) is 0. The SMILES string of the molecule is CC(C)(C)c1cc(-c2ccnc(-c3[c-]c(-c4cc(C(C)(C)C)cc5oc(-c6ccccc6O)nc45)ccc3)c2)cc(C(C)(C)C)c1.CC(C)c1cc(-c2ccnc(-c3[c-]c(-c4cc(C(C)(C)C)cc5oc(-c6ccccc6O)nc45)c(C(C)(C)C)cc3C(C)(C)C)c2)cc(C(C)C)c1.CC(C)c1cc(-c2ccnc(-c3[c-]c(-c4cccc5oc(-c6ccccc6O)nc45)ccc3)c2)cc(C(C)C)c1.[Pt].[Pt].[Pt]. The number of phenols is 3. The van der Waals surface area contributed by atoms with Gasteiger partial charge in [-0.15, -0.1) is 88.5 Å². The summed E-state index contributed by atoms with van der Waals surface area (Å²) < 4.78 is 18.8. The van der Waals surface area contributed by atoms with E-state index >= 15 is 0 Å². The van der Waals surface area contributed by atoms with Gasteiger partial charge in [0.25, 0.3) is 0 Å². The molecule has 12 aromatic carbocycles. The van der Waals surface area contributed by atoms with Gasteiger partial charge in [0, 0.05) is 98.9 Å². The first-order valence-corrected chi connectivity index (χ1v) is 48.4. The largest absolute Gasteiger partial charge is 0.507 e. The summed E-state index contributed by atoms with van der Waals surface area (Å²) in [5.41, 5.74) is 36.0. The molecule has 0 bridgehead atoms. The van der Waals surface area contributed by atoms with Gasteiger partial charge in [-0.05, 0) is 207 Å². The maximum Gasteiger partial charge on any atom is 0.230 e. The summed E-state index contributed by atoms with van der Waals surface area (Å²) in [6.07, 6.45) is 5.70. The van der Waals surface area contributed by atoms with Crippen LogP contribution in [0.1, 0.15) is 259 Å². The van der Waals surface area contributed by atoms with Crippen molar-refractivity contribution in [1.82, 2.24) is 29.9 Å². The van der Waals surface area contributed by atoms with E-state index in [1.807, 2.05) is 91.4 Å². The third kappa shape index (κ3) is 23.7. The molecule has 141 heavy (non-hydrogen) atoms. The van der Waals surface area contributed by atoms with E-state index in [1.54, 1.807) is 42.5 Å². The van der Waals surface area contributed by atoms with Crippen LogP contribution >= 0.6 is 0 Å². The molecule has 6 aromatic heterocycles. The van der Waals surface area contributed by atoms with Gasteiger partial charge in [-0.1, -0.05) is 347 Å². The summed E-state index contributed by atoms with van der Waals surface area (Å²) >= 11 is 0. The second-order valence-corrected chi connectivity index (χ2v) is 44.3.